The fourth-order valence-corrected chi connectivity index (χ4v) is 3.35. The zero-order valence-corrected chi connectivity index (χ0v) is 13.0. The van der Waals surface area contributed by atoms with Gasteiger partial charge in [-0.15, -0.1) is 11.8 Å². The highest BCUT2D eigenvalue weighted by Crippen LogP contribution is 2.35. The summed E-state index contributed by atoms with van der Waals surface area (Å²) in [4.78, 5) is 24.0. The average Bonchev–Trinajstić information content (AvgIpc) is 2.38. The number of rotatable bonds is 7. The number of carboxylic acids is 1. The first-order chi connectivity index (χ1) is 9.99. The first-order valence-electron chi connectivity index (χ1n) is 7.21. The number of carbonyl (C=O) groups excluding carboxylic acids is 1. The number of benzene rings is 1. The zero-order chi connectivity index (χ0) is 15.3. The van der Waals surface area contributed by atoms with Gasteiger partial charge in [0.15, 0.2) is 0 Å². The van der Waals surface area contributed by atoms with Crippen molar-refractivity contribution < 1.29 is 14.7 Å². The van der Waals surface area contributed by atoms with E-state index in [0.717, 1.165) is 24.2 Å². The number of thioether (sulfide) groups is 1. The normalized spacial score (nSPS) is 16.0. The Morgan fingerprint density at radius 3 is 2.48 bits per heavy atom. The minimum absolute atomic E-state index is 0.0316. The van der Waals surface area contributed by atoms with Crippen LogP contribution < -0.4 is 5.32 Å². The molecule has 1 aromatic rings. The Hall–Kier alpha value is -1.49. The van der Waals surface area contributed by atoms with Crippen molar-refractivity contribution >= 4 is 23.6 Å². The SMILES string of the molecule is Cc1ccc(SCCC(=O)NC2(CC(=O)O)CCC2)cc1. The van der Waals surface area contributed by atoms with Gasteiger partial charge in [0.2, 0.25) is 5.91 Å². The van der Waals surface area contributed by atoms with Crippen molar-refractivity contribution in [3.8, 4) is 0 Å². The molecule has 0 radical (unpaired) electrons. The first kappa shape index (κ1) is 15.9. The molecule has 2 N–H and O–H groups in total. The number of aliphatic carboxylic acids is 1. The van der Waals surface area contributed by atoms with E-state index >= 15 is 0 Å². The third-order valence-electron chi connectivity index (χ3n) is 3.82. The predicted octanol–water partition coefficient (Wildman–Crippen LogP) is 2.99. The minimum Gasteiger partial charge on any atom is -0.481 e. The molecule has 114 valence electrons. The van der Waals surface area contributed by atoms with Gasteiger partial charge < -0.3 is 10.4 Å². The van der Waals surface area contributed by atoms with Crippen LogP contribution in [0.3, 0.4) is 0 Å². The Balaban J connectivity index is 1.74. The maximum absolute atomic E-state index is 12.0. The standard InChI is InChI=1S/C16H21NO3S/c1-12-3-5-13(6-4-12)21-10-7-14(18)17-16(8-2-9-16)11-15(19)20/h3-6H,2,7-11H2,1H3,(H,17,18)(H,19,20). The van der Waals surface area contributed by atoms with E-state index in [1.807, 2.05) is 6.92 Å². The van der Waals surface area contributed by atoms with Crippen molar-refractivity contribution in [3.05, 3.63) is 29.8 Å². The molecule has 5 heteroatoms. The monoisotopic (exact) mass is 307 g/mol. The van der Waals surface area contributed by atoms with Crippen LogP contribution in [0.5, 0.6) is 0 Å². The maximum atomic E-state index is 12.0. The number of carbonyl (C=O) groups is 2. The first-order valence-corrected chi connectivity index (χ1v) is 8.20. The molecular formula is C16H21NO3S. The lowest BCUT2D eigenvalue weighted by atomic mass is 9.74. The minimum atomic E-state index is -0.843. The van der Waals surface area contributed by atoms with E-state index in [9.17, 15) is 9.59 Å². The van der Waals surface area contributed by atoms with Gasteiger partial charge in [0, 0.05) is 17.1 Å². The lowest BCUT2D eigenvalue weighted by molar-refractivity contribution is -0.140. The van der Waals surface area contributed by atoms with Crippen molar-refractivity contribution in [2.45, 2.75) is 49.5 Å². The lowest BCUT2D eigenvalue weighted by Crippen LogP contribution is -2.54. The molecule has 21 heavy (non-hydrogen) atoms. The number of carboxylic acid groups (broad SMARTS) is 1. The molecule has 1 fully saturated rings. The summed E-state index contributed by atoms with van der Waals surface area (Å²) < 4.78 is 0. The van der Waals surface area contributed by atoms with Crippen LogP contribution in [0.1, 0.15) is 37.7 Å². The van der Waals surface area contributed by atoms with E-state index < -0.39 is 11.5 Å². The maximum Gasteiger partial charge on any atom is 0.305 e. The molecule has 0 aromatic heterocycles. The molecule has 1 aromatic carbocycles. The molecule has 1 saturated carbocycles. The van der Waals surface area contributed by atoms with Crippen molar-refractivity contribution in [2.75, 3.05) is 5.75 Å². The summed E-state index contributed by atoms with van der Waals surface area (Å²) >= 11 is 1.65. The molecule has 2 rings (SSSR count). The highest BCUT2D eigenvalue weighted by Gasteiger charge is 2.40. The smallest absolute Gasteiger partial charge is 0.305 e. The molecule has 0 saturated heterocycles. The van der Waals surface area contributed by atoms with Gasteiger partial charge in [-0.05, 0) is 38.3 Å². The van der Waals surface area contributed by atoms with Gasteiger partial charge in [0.1, 0.15) is 0 Å². The second-order valence-electron chi connectivity index (χ2n) is 5.66. The van der Waals surface area contributed by atoms with Gasteiger partial charge in [0.25, 0.3) is 0 Å². The largest absolute Gasteiger partial charge is 0.481 e. The van der Waals surface area contributed by atoms with Crippen molar-refractivity contribution in [3.63, 3.8) is 0 Å². The van der Waals surface area contributed by atoms with Crippen LogP contribution in [0.2, 0.25) is 0 Å². The summed E-state index contributed by atoms with van der Waals surface area (Å²) in [6.45, 7) is 2.04. The van der Waals surface area contributed by atoms with Crippen molar-refractivity contribution in [2.24, 2.45) is 0 Å². The molecule has 0 unspecified atom stereocenters. The van der Waals surface area contributed by atoms with Crippen molar-refractivity contribution in [1.29, 1.82) is 0 Å². The van der Waals surface area contributed by atoms with Gasteiger partial charge in [-0.3, -0.25) is 9.59 Å². The third-order valence-corrected chi connectivity index (χ3v) is 4.84. The highest BCUT2D eigenvalue weighted by molar-refractivity contribution is 7.99. The fraction of sp³-hybridized carbons (Fsp3) is 0.500. The average molecular weight is 307 g/mol. The summed E-state index contributed by atoms with van der Waals surface area (Å²) in [5, 5.41) is 11.8. The summed E-state index contributed by atoms with van der Waals surface area (Å²) in [5.41, 5.74) is 0.731. The van der Waals surface area contributed by atoms with Crippen LogP contribution in [-0.2, 0) is 9.59 Å². The van der Waals surface area contributed by atoms with Crippen molar-refractivity contribution in [1.82, 2.24) is 5.32 Å². The second kappa shape index (κ2) is 6.98. The number of aryl methyl sites for hydroxylation is 1. The molecular weight excluding hydrogens is 286 g/mol. The lowest BCUT2D eigenvalue weighted by Gasteiger charge is -2.41. The molecule has 1 aliphatic carbocycles. The summed E-state index contributed by atoms with van der Waals surface area (Å²) in [6.07, 6.45) is 2.99. The fourth-order valence-electron chi connectivity index (χ4n) is 2.49. The molecule has 0 atom stereocenters. The Morgan fingerprint density at radius 2 is 1.95 bits per heavy atom. The van der Waals surface area contributed by atoms with E-state index in [-0.39, 0.29) is 12.3 Å². The number of hydrogen-bond donors (Lipinski definition) is 2. The van der Waals surface area contributed by atoms with Gasteiger partial charge >= 0.3 is 5.97 Å². The zero-order valence-electron chi connectivity index (χ0n) is 12.2. The number of amides is 1. The summed E-state index contributed by atoms with van der Waals surface area (Å²) in [6, 6.07) is 8.21. The Morgan fingerprint density at radius 1 is 1.29 bits per heavy atom. The molecule has 1 aliphatic rings. The Bertz CT molecular complexity index is 509. The second-order valence-corrected chi connectivity index (χ2v) is 6.83. The van der Waals surface area contributed by atoms with E-state index in [1.54, 1.807) is 11.8 Å². The van der Waals surface area contributed by atoms with Gasteiger partial charge in [0.05, 0.1) is 12.0 Å². The highest BCUT2D eigenvalue weighted by atomic mass is 32.2. The van der Waals surface area contributed by atoms with E-state index in [1.165, 1.54) is 5.56 Å². The van der Waals surface area contributed by atoms with Gasteiger partial charge in [-0.1, -0.05) is 17.7 Å². The molecule has 4 nitrogen and oxygen atoms in total. The van der Waals surface area contributed by atoms with Crippen LogP contribution in [0, 0.1) is 6.92 Å². The quantitative estimate of drug-likeness (QED) is 0.760. The third kappa shape index (κ3) is 4.77. The van der Waals surface area contributed by atoms with E-state index in [2.05, 4.69) is 29.6 Å². The molecule has 0 spiro atoms. The van der Waals surface area contributed by atoms with Crippen LogP contribution in [0.4, 0.5) is 0 Å². The van der Waals surface area contributed by atoms with E-state index in [0.29, 0.717) is 12.2 Å². The Labute approximate surface area is 129 Å². The number of hydrogen-bond acceptors (Lipinski definition) is 3. The summed E-state index contributed by atoms with van der Waals surface area (Å²) in [5.74, 6) is -0.183. The van der Waals surface area contributed by atoms with Crippen LogP contribution in [0.25, 0.3) is 0 Å². The van der Waals surface area contributed by atoms with Crippen LogP contribution >= 0.6 is 11.8 Å². The molecule has 0 bridgehead atoms. The topological polar surface area (TPSA) is 66.4 Å². The summed E-state index contributed by atoms with van der Waals surface area (Å²) in [7, 11) is 0. The van der Waals surface area contributed by atoms with Gasteiger partial charge in [-0.2, -0.15) is 0 Å². The van der Waals surface area contributed by atoms with Gasteiger partial charge in [-0.25, -0.2) is 0 Å². The predicted molar refractivity (Wildman–Crippen MR) is 83.5 cm³/mol. The molecule has 1 amide bonds. The Kier molecular flexibility index (Phi) is 5.28. The number of nitrogens with one attached hydrogen (secondary N) is 1. The molecule has 0 heterocycles. The van der Waals surface area contributed by atoms with E-state index in [4.69, 9.17) is 5.11 Å². The van der Waals surface area contributed by atoms with Crippen LogP contribution in [-0.4, -0.2) is 28.3 Å². The molecule has 0 aliphatic heterocycles. The van der Waals surface area contributed by atoms with Crippen LogP contribution in [0.15, 0.2) is 29.2 Å².